The van der Waals surface area contributed by atoms with E-state index in [-0.39, 0.29) is 24.3 Å². The van der Waals surface area contributed by atoms with E-state index < -0.39 is 42.0 Å². The molecule has 8 N–H and O–H groups in total. The van der Waals surface area contributed by atoms with Crippen LogP contribution in [0.3, 0.4) is 0 Å². The van der Waals surface area contributed by atoms with Crippen LogP contribution in [0, 0.1) is 5.92 Å². The fourth-order valence-corrected chi connectivity index (χ4v) is 3.56. The second kappa shape index (κ2) is 14.0. The van der Waals surface area contributed by atoms with Crippen LogP contribution in [-0.2, 0) is 19.2 Å². The van der Waals surface area contributed by atoms with Gasteiger partial charge in [0.05, 0.1) is 12.1 Å². The van der Waals surface area contributed by atoms with E-state index >= 15 is 0 Å². The lowest BCUT2D eigenvalue weighted by Gasteiger charge is -2.26. The van der Waals surface area contributed by atoms with Crippen molar-refractivity contribution in [1.82, 2.24) is 21.3 Å². The standard InChI is InChI=1S/C21H39N5O6/c1-12(2)11-16(25-18(28)14-8-6-10-23-14)20(30)24-15(7-4-5-9-22)19(29)26-17(13(3)27)21(31)32/h12-17,23,27H,4-11,22H2,1-3H3,(H,24,30)(H,25,28)(H,26,29)(H,31,32). The van der Waals surface area contributed by atoms with Gasteiger partial charge in [0.15, 0.2) is 6.04 Å². The van der Waals surface area contributed by atoms with Gasteiger partial charge in [-0.25, -0.2) is 4.79 Å². The van der Waals surface area contributed by atoms with Gasteiger partial charge in [0.25, 0.3) is 0 Å². The van der Waals surface area contributed by atoms with E-state index in [4.69, 9.17) is 5.73 Å². The molecule has 0 bridgehead atoms. The van der Waals surface area contributed by atoms with Gasteiger partial charge in [-0.05, 0) is 64.5 Å². The van der Waals surface area contributed by atoms with Gasteiger partial charge < -0.3 is 37.2 Å². The van der Waals surface area contributed by atoms with Gasteiger partial charge in [0, 0.05) is 0 Å². The lowest BCUT2D eigenvalue weighted by atomic mass is 10.0. The zero-order valence-corrected chi connectivity index (χ0v) is 19.2. The fraction of sp³-hybridized carbons (Fsp3) is 0.810. The highest BCUT2D eigenvalue weighted by Crippen LogP contribution is 2.10. The number of unbranched alkanes of at least 4 members (excludes halogenated alkanes) is 1. The van der Waals surface area contributed by atoms with Crippen molar-refractivity contribution in [3.05, 3.63) is 0 Å². The summed E-state index contributed by atoms with van der Waals surface area (Å²) >= 11 is 0. The molecule has 0 aromatic carbocycles. The average molecular weight is 458 g/mol. The van der Waals surface area contributed by atoms with Crippen molar-refractivity contribution in [3.8, 4) is 0 Å². The molecular weight excluding hydrogens is 418 g/mol. The molecule has 0 radical (unpaired) electrons. The second-order valence-corrected chi connectivity index (χ2v) is 8.75. The lowest BCUT2D eigenvalue weighted by Crippen LogP contribution is -2.58. The van der Waals surface area contributed by atoms with E-state index in [1.165, 1.54) is 6.92 Å². The zero-order valence-electron chi connectivity index (χ0n) is 19.2. The lowest BCUT2D eigenvalue weighted by molar-refractivity contribution is -0.145. The Hall–Kier alpha value is -2.24. The number of carbonyl (C=O) groups excluding carboxylic acids is 3. The Morgan fingerprint density at radius 1 is 1.03 bits per heavy atom. The fourth-order valence-electron chi connectivity index (χ4n) is 3.56. The van der Waals surface area contributed by atoms with Gasteiger partial charge in [0.2, 0.25) is 17.7 Å². The van der Waals surface area contributed by atoms with Gasteiger partial charge in [0.1, 0.15) is 12.1 Å². The molecule has 1 heterocycles. The van der Waals surface area contributed by atoms with Crippen LogP contribution in [0.1, 0.15) is 59.3 Å². The minimum absolute atomic E-state index is 0.110. The molecule has 5 atom stereocenters. The molecule has 0 aromatic rings. The Bertz CT molecular complexity index is 636. The van der Waals surface area contributed by atoms with Crippen LogP contribution in [-0.4, -0.2) is 77.3 Å². The van der Waals surface area contributed by atoms with Gasteiger partial charge in [-0.15, -0.1) is 0 Å². The largest absolute Gasteiger partial charge is 0.480 e. The number of aliphatic carboxylic acids is 1. The number of aliphatic hydroxyl groups is 1. The number of aliphatic hydroxyl groups excluding tert-OH is 1. The van der Waals surface area contributed by atoms with Gasteiger partial charge >= 0.3 is 5.97 Å². The van der Waals surface area contributed by atoms with Crippen LogP contribution in [0.2, 0.25) is 0 Å². The predicted octanol–water partition coefficient (Wildman–Crippen LogP) is -1.17. The minimum Gasteiger partial charge on any atom is -0.480 e. The topological polar surface area (TPSA) is 183 Å². The van der Waals surface area contributed by atoms with Crippen molar-refractivity contribution in [2.75, 3.05) is 13.1 Å². The number of hydrogen-bond donors (Lipinski definition) is 7. The van der Waals surface area contributed by atoms with Crippen molar-refractivity contribution in [2.45, 2.75) is 89.6 Å². The second-order valence-electron chi connectivity index (χ2n) is 8.75. The summed E-state index contributed by atoms with van der Waals surface area (Å²) in [6.45, 7) is 6.26. The maximum absolute atomic E-state index is 13.0. The molecule has 1 fully saturated rings. The van der Waals surface area contributed by atoms with Crippen LogP contribution < -0.4 is 27.0 Å². The molecule has 11 heteroatoms. The van der Waals surface area contributed by atoms with Crippen LogP contribution >= 0.6 is 0 Å². The smallest absolute Gasteiger partial charge is 0.328 e. The third-order valence-electron chi connectivity index (χ3n) is 5.34. The van der Waals surface area contributed by atoms with Crippen LogP contribution in [0.4, 0.5) is 0 Å². The molecule has 32 heavy (non-hydrogen) atoms. The van der Waals surface area contributed by atoms with Crippen molar-refractivity contribution in [2.24, 2.45) is 11.7 Å². The summed E-state index contributed by atoms with van der Waals surface area (Å²) in [6, 6.07) is -3.70. The summed E-state index contributed by atoms with van der Waals surface area (Å²) in [4.78, 5) is 49.6. The van der Waals surface area contributed by atoms with Gasteiger partial charge in [-0.1, -0.05) is 13.8 Å². The molecule has 1 saturated heterocycles. The number of carboxylic acid groups (broad SMARTS) is 1. The maximum Gasteiger partial charge on any atom is 0.328 e. The molecule has 0 aromatic heterocycles. The van der Waals surface area contributed by atoms with Crippen molar-refractivity contribution in [3.63, 3.8) is 0 Å². The summed E-state index contributed by atoms with van der Waals surface area (Å²) in [5.74, 6) is -2.75. The van der Waals surface area contributed by atoms with Crippen LogP contribution in [0.5, 0.6) is 0 Å². The van der Waals surface area contributed by atoms with Crippen molar-refractivity contribution < 1.29 is 29.4 Å². The van der Waals surface area contributed by atoms with Crippen LogP contribution in [0.25, 0.3) is 0 Å². The molecular formula is C21H39N5O6. The molecule has 0 saturated carbocycles. The predicted molar refractivity (Wildman–Crippen MR) is 118 cm³/mol. The Labute approximate surface area is 189 Å². The number of amides is 3. The van der Waals surface area contributed by atoms with Crippen molar-refractivity contribution >= 4 is 23.7 Å². The first-order valence-electron chi connectivity index (χ1n) is 11.3. The van der Waals surface area contributed by atoms with Gasteiger partial charge in [-0.2, -0.15) is 0 Å². The van der Waals surface area contributed by atoms with E-state index in [0.29, 0.717) is 32.2 Å². The normalized spacial score (nSPS) is 19.6. The highest BCUT2D eigenvalue weighted by molar-refractivity contribution is 5.94. The molecule has 11 nitrogen and oxygen atoms in total. The highest BCUT2D eigenvalue weighted by atomic mass is 16.4. The number of hydrogen-bond acceptors (Lipinski definition) is 7. The summed E-state index contributed by atoms with van der Waals surface area (Å²) in [5, 5.41) is 29.7. The number of carboxylic acids is 1. The SMILES string of the molecule is CC(C)CC(NC(=O)C1CCCN1)C(=O)NC(CCCCN)C(=O)NC(C(=O)O)C(C)O. The maximum atomic E-state index is 13.0. The number of carbonyl (C=O) groups is 4. The molecule has 1 aliphatic rings. The van der Waals surface area contributed by atoms with E-state index in [1.807, 2.05) is 13.8 Å². The first-order valence-corrected chi connectivity index (χ1v) is 11.3. The third kappa shape index (κ3) is 9.49. The summed E-state index contributed by atoms with van der Waals surface area (Å²) < 4.78 is 0. The summed E-state index contributed by atoms with van der Waals surface area (Å²) in [5.41, 5.74) is 5.52. The first kappa shape index (κ1) is 27.8. The molecule has 1 rings (SSSR count). The van der Waals surface area contributed by atoms with Gasteiger partial charge in [-0.3, -0.25) is 14.4 Å². The Morgan fingerprint density at radius 3 is 2.19 bits per heavy atom. The van der Waals surface area contributed by atoms with Crippen LogP contribution in [0.15, 0.2) is 0 Å². The molecule has 3 amide bonds. The van der Waals surface area contributed by atoms with E-state index in [2.05, 4.69) is 21.3 Å². The third-order valence-corrected chi connectivity index (χ3v) is 5.34. The number of rotatable bonds is 14. The Balaban J connectivity index is 2.91. The number of nitrogens with two attached hydrogens (primary N) is 1. The van der Waals surface area contributed by atoms with E-state index in [1.54, 1.807) is 0 Å². The molecule has 0 spiro atoms. The van der Waals surface area contributed by atoms with E-state index in [9.17, 15) is 29.4 Å². The highest BCUT2D eigenvalue weighted by Gasteiger charge is 2.32. The molecule has 184 valence electrons. The number of nitrogens with one attached hydrogen (secondary N) is 4. The summed E-state index contributed by atoms with van der Waals surface area (Å²) in [7, 11) is 0. The first-order chi connectivity index (χ1) is 15.1. The summed E-state index contributed by atoms with van der Waals surface area (Å²) in [6.07, 6.45) is 2.05. The minimum atomic E-state index is -1.50. The molecule has 1 aliphatic heterocycles. The quantitative estimate of drug-likeness (QED) is 0.159. The molecule has 5 unspecified atom stereocenters. The van der Waals surface area contributed by atoms with E-state index in [0.717, 1.165) is 13.0 Å². The average Bonchev–Trinajstić information content (AvgIpc) is 3.24. The monoisotopic (exact) mass is 457 g/mol. The zero-order chi connectivity index (χ0) is 24.3. The Kier molecular flexibility index (Phi) is 12.2. The van der Waals surface area contributed by atoms with Crippen molar-refractivity contribution in [1.29, 1.82) is 0 Å². The molecule has 0 aliphatic carbocycles. The Morgan fingerprint density at radius 2 is 1.69 bits per heavy atom.